The fourth-order valence-electron chi connectivity index (χ4n) is 1.91. The number of ether oxygens (including phenoxy) is 1. The van der Waals surface area contributed by atoms with Crippen LogP contribution in [0.4, 0.5) is 4.39 Å². The summed E-state index contributed by atoms with van der Waals surface area (Å²) in [6, 6.07) is 5.68. The van der Waals surface area contributed by atoms with Gasteiger partial charge in [0.25, 0.3) is 0 Å². The first-order valence-corrected chi connectivity index (χ1v) is 5.93. The van der Waals surface area contributed by atoms with Crippen LogP contribution in [0.25, 0.3) is 0 Å². The van der Waals surface area contributed by atoms with E-state index in [1.807, 2.05) is 0 Å². The molecule has 0 aliphatic carbocycles. The topological polar surface area (TPSA) is 66.8 Å². The second-order valence-electron chi connectivity index (χ2n) is 4.34. The van der Waals surface area contributed by atoms with Crippen LogP contribution in [0.5, 0.6) is 0 Å². The Morgan fingerprint density at radius 3 is 2.68 bits per heavy atom. The molecule has 1 aromatic rings. The highest BCUT2D eigenvalue weighted by Crippen LogP contribution is 2.10. The van der Waals surface area contributed by atoms with E-state index >= 15 is 0 Å². The summed E-state index contributed by atoms with van der Waals surface area (Å²) in [6.45, 7) is 0.644. The van der Waals surface area contributed by atoms with E-state index in [1.165, 1.54) is 17.0 Å². The van der Waals surface area contributed by atoms with E-state index < -0.39 is 12.1 Å². The van der Waals surface area contributed by atoms with Crippen molar-refractivity contribution in [2.24, 2.45) is 0 Å². The third-order valence-corrected chi connectivity index (χ3v) is 2.96. The molecule has 102 valence electrons. The van der Waals surface area contributed by atoms with Crippen LogP contribution in [0.15, 0.2) is 24.3 Å². The fraction of sp³-hybridized carbons (Fsp3) is 0.385. The van der Waals surface area contributed by atoms with Gasteiger partial charge in [-0.25, -0.2) is 9.18 Å². The van der Waals surface area contributed by atoms with Crippen LogP contribution in [0.3, 0.4) is 0 Å². The summed E-state index contributed by atoms with van der Waals surface area (Å²) in [4.78, 5) is 24.3. The van der Waals surface area contributed by atoms with E-state index in [4.69, 9.17) is 9.84 Å². The highest BCUT2D eigenvalue weighted by Gasteiger charge is 2.28. The highest BCUT2D eigenvalue weighted by atomic mass is 19.1. The number of nitrogens with zero attached hydrogens (tertiary/aromatic N) is 1. The molecular formula is C13H14FNO4. The number of carbonyl (C=O) groups is 2. The van der Waals surface area contributed by atoms with Crippen LogP contribution in [0.1, 0.15) is 5.56 Å². The quantitative estimate of drug-likeness (QED) is 0.874. The molecule has 0 spiro atoms. The van der Waals surface area contributed by atoms with E-state index in [-0.39, 0.29) is 31.3 Å². The first-order chi connectivity index (χ1) is 9.06. The molecule has 1 saturated heterocycles. The molecule has 1 atom stereocenters. The number of aliphatic carboxylic acids is 1. The van der Waals surface area contributed by atoms with E-state index in [9.17, 15) is 14.0 Å². The maximum atomic E-state index is 12.7. The van der Waals surface area contributed by atoms with Gasteiger partial charge in [-0.3, -0.25) is 4.79 Å². The third kappa shape index (κ3) is 3.51. The molecule has 0 aromatic heterocycles. The maximum Gasteiger partial charge on any atom is 0.334 e. The van der Waals surface area contributed by atoms with Crippen molar-refractivity contribution in [1.82, 2.24) is 4.90 Å². The minimum absolute atomic E-state index is 0.0510. The van der Waals surface area contributed by atoms with Crippen molar-refractivity contribution in [3.05, 3.63) is 35.6 Å². The van der Waals surface area contributed by atoms with E-state index in [2.05, 4.69) is 0 Å². The van der Waals surface area contributed by atoms with Crippen LogP contribution in [-0.2, 0) is 20.7 Å². The van der Waals surface area contributed by atoms with E-state index in [1.54, 1.807) is 12.1 Å². The average molecular weight is 267 g/mol. The van der Waals surface area contributed by atoms with Gasteiger partial charge in [-0.1, -0.05) is 12.1 Å². The van der Waals surface area contributed by atoms with Gasteiger partial charge in [-0.2, -0.15) is 0 Å². The summed E-state index contributed by atoms with van der Waals surface area (Å²) in [5, 5.41) is 8.85. The average Bonchev–Trinajstić information content (AvgIpc) is 2.41. The standard InChI is InChI=1S/C13H14FNO4/c14-10-3-1-9(2-4-10)7-12(16)15-5-6-19-11(8-15)13(17)18/h1-4,11H,5-8H2,(H,17,18). The van der Waals surface area contributed by atoms with Gasteiger partial charge in [0.2, 0.25) is 5.91 Å². The number of benzene rings is 1. The Balaban J connectivity index is 1.96. The number of rotatable bonds is 3. The Labute approximate surface area is 109 Å². The number of amides is 1. The van der Waals surface area contributed by atoms with Crippen molar-refractivity contribution in [2.45, 2.75) is 12.5 Å². The molecule has 19 heavy (non-hydrogen) atoms. The molecule has 0 radical (unpaired) electrons. The summed E-state index contributed by atoms with van der Waals surface area (Å²) in [6.07, 6.45) is -0.835. The zero-order chi connectivity index (χ0) is 13.8. The number of carbonyl (C=O) groups excluding carboxylic acids is 1. The highest BCUT2D eigenvalue weighted by molar-refractivity contribution is 5.80. The molecule has 1 aromatic carbocycles. The zero-order valence-electron chi connectivity index (χ0n) is 10.2. The van der Waals surface area contributed by atoms with Gasteiger partial charge in [0.15, 0.2) is 6.10 Å². The summed E-state index contributed by atoms with van der Waals surface area (Å²) < 4.78 is 17.8. The van der Waals surface area contributed by atoms with Crippen molar-refractivity contribution in [3.8, 4) is 0 Å². The zero-order valence-corrected chi connectivity index (χ0v) is 10.2. The molecule has 1 fully saturated rings. The normalized spacial score (nSPS) is 19.2. The van der Waals surface area contributed by atoms with Crippen LogP contribution in [-0.4, -0.2) is 47.7 Å². The Kier molecular flexibility index (Phi) is 4.11. The van der Waals surface area contributed by atoms with Gasteiger partial charge in [0, 0.05) is 6.54 Å². The summed E-state index contributed by atoms with van der Waals surface area (Å²) in [5.74, 6) is -1.60. The van der Waals surface area contributed by atoms with Gasteiger partial charge < -0.3 is 14.7 Å². The summed E-state index contributed by atoms with van der Waals surface area (Å²) >= 11 is 0. The second-order valence-corrected chi connectivity index (χ2v) is 4.34. The molecule has 1 aliphatic heterocycles. The SMILES string of the molecule is O=C(O)C1CN(C(=O)Cc2ccc(F)cc2)CCO1. The number of carboxylic acids is 1. The minimum Gasteiger partial charge on any atom is -0.479 e. The number of morpholine rings is 1. The number of carboxylic acid groups (broad SMARTS) is 1. The molecule has 1 aliphatic rings. The predicted molar refractivity (Wildman–Crippen MR) is 64.1 cm³/mol. The third-order valence-electron chi connectivity index (χ3n) is 2.96. The lowest BCUT2D eigenvalue weighted by Gasteiger charge is -2.30. The molecule has 1 heterocycles. The van der Waals surface area contributed by atoms with Crippen molar-refractivity contribution in [1.29, 1.82) is 0 Å². The Hall–Kier alpha value is -1.95. The first-order valence-electron chi connectivity index (χ1n) is 5.93. The largest absolute Gasteiger partial charge is 0.479 e. The monoisotopic (exact) mass is 267 g/mol. The first kappa shape index (κ1) is 13.5. The lowest BCUT2D eigenvalue weighted by Crippen LogP contribution is -2.49. The van der Waals surface area contributed by atoms with Crippen LogP contribution < -0.4 is 0 Å². The molecule has 0 bridgehead atoms. The number of hydrogen-bond acceptors (Lipinski definition) is 3. The lowest BCUT2D eigenvalue weighted by molar-refractivity contribution is -0.159. The maximum absolute atomic E-state index is 12.7. The fourth-order valence-corrected chi connectivity index (χ4v) is 1.91. The van der Waals surface area contributed by atoms with Gasteiger partial charge >= 0.3 is 5.97 Å². The lowest BCUT2D eigenvalue weighted by atomic mass is 10.1. The van der Waals surface area contributed by atoms with Crippen LogP contribution in [0.2, 0.25) is 0 Å². The van der Waals surface area contributed by atoms with Gasteiger partial charge in [-0.05, 0) is 17.7 Å². The van der Waals surface area contributed by atoms with Crippen LogP contribution >= 0.6 is 0 Å². The second kappa shape index (κ2) is 5.79. The van der Waals surface area contributed by atoms with Crippen molar-refractivity contribution < 1.29 is 23.8 Å². The number of halogens is 1. The minimum atomic E-state index is -1.07. The number of hydrogen-bond donors (Lipinski definition) is 1. The smallest absolute Gasteiger partial charge is 0.334 e. The Morgan fingerprint density at radius 1 is 1.37 bits per heavy atom. The molecule has 2 rings (SSSR count). The van der Waals surface area contributed by atoms with Crippen LogP contribution in [0, 0.1) is 5.82 Å². The molecule has 6 heteroatoms. The van der Waals surface area contributed by atoms with Crippen molar-refractivity contribution in [3.63, 3.8) is 0 Å². The molecule has 1 unspecified atom stereocenters. The molecule has 5 nitrogen and oxygen atoms in total. The predicted octanol–water partition coefficient (Wildman–Crippen LogP) is 0.680. The molecule has 1 N–H and O–H groups in total. The summed E-state index contributed by atoms with van der Waals surface area (Å²) in [7, 11) is 0. The van der Waals surface area contributed by atoms with Gasteiger partial charge in [0.05, 0.1) is 19.6 Å². The Bertz CT molecular complexity index is 474. The van der Waals surface area contributed by atoms with E-state index in [0.717, 1.165) is 0 Å². The van der Waals surface area contributed by atoms with Crippen molar-refractivity contribution in [2.75, 3.05) is 19.7 Å². The molecule has 1 amide bonds. The van der Waals surface area contributed by atoms with Gasteiger partial charge in [0.1, 0.15) is 5.82 Å². The Morgan fingerprint density at radius 2 is 2.05 bits per heavy atom. The molecular weight excluding hydrogens is 253 g/mol. The van der Waals surface area contributed by atoms with Gasteiger partial charge in [-0.15, -0.1) is 0 Å². The van der Waals surface area contributed by atoms with E-state index in [0.29, 0.717) is 12.1 Å². The van der Waals surface area contributed by atoms with Crippen molar-refractivity contribution >= 4 is 11.9 Å². The summed E-state index contributed by atoms with van der Waals surface area (Å²) in [5.41, 5.74) is 0.699. The molecule has 0 saturated carbocycles.